The molecular weight excluding hydrogens is 218 g/mol. The molecule has 1 fully saturated rings. The summed E-state index contributed by atoms with van der Waals surface area (Å²) in [7, 11) is 0. The highest BCUT2D eigenvalue weighted by atomic mass is 35.5. The number of nitrogens with one attached hydrogen (secondary N) is 1. The first-order chi connectivity index (χ1) is 7.70. The second-order valence-corrected chi connectivity index (χ2v) is 5.25. The summed E-state index contributed by atoms with van der Waals surface area (Å²) in [6, 6.07) is 9.26. The van der Waals surface area contributed by atoms with Gasteiger partial charge in [-0.2, -0.15) is 0 Å². The fraction of sp³-hybridized carbons (Fsp3) is 0.571. The molecule has 0 heterocycles. The maximum Gasteiger partial charge on any atom is 0.0409 e. The highest BCUT2D eigenvalue weighted by molar-refractivity contribution is 6.30. The lowest BCUT2D eigenvalue weighted by Crippen LogP contribution is -2.31. The molecule has 1 N–H and O–H groups in total. The van der Waals surface area contributed by atoms with Crippen LogP contribution in [0, 0.1) is 5.92 Å². The molecule has 88 valence electrons. The van der Waals surface area contributed by atoms with Crippen LogP contribution in [0.5, 0.6) is 0 Å². The number of hydrogen-bond acceptors (Lipinski definition) is 1. The summed E-state index contributed by atoms with van der Waals surface area (Å²) in [5.74, 6) is 0.897. The number of rotatable bonds is 5. The van der Waals surface area contributed by atoms with Crippen molar-refractivity contribution in [2.24, 2.45) is 5.92 Å². The van der Waals surface area contributed by atoms with Crippen LogP contribution in [0.25, 0.3) is 0 Å². The Bertz CT molecular complexity index is 346. The van der Waals surface area contributed by atoms with Crippen LogP contribution < -0.4 is 5.32 Å². The van der Waals surface area contributed by atoms with E-state index in [2.05, 4.69) is 31.3 Å². The first-order valence-electron chi connectivity index (χ1n) is 6.22. The van der Waals surface area contributed by atoms with E-state index in [1.807, 2.05) is 12.1 Å². The summed E-state index contributed by atoms with van der Waals surface area (Å²) in [5.41, 5.74) is 1.31. The van der Waals surface area contributed by atoms with E-state index in [0.29, 0.717) is 12.1 Å². The van der Waals surface area contributed by atoms with Gasteiger partial charge >= 0.3 is 0 Å². The van der Waals surface area contributed by atoms with Gasteiger partial charge < -0.3 is 5.32 Å². The lowest BCUT2D eigenvalue weighted by Gasteiger charge is -2.22. The maximum absolute atomic E-state index is 6.03. The molecule has 1 aliphatic rings. The van der Waals surface area contributed by atoms with Crippen LogP contribution in [-0.4, -0.2) is 6.04 Å². The van der Waals surface area contributed by atoms with Gasteiger partial charge in [-0.3, -0.25) is 0 Å². The Morgan fingerprint density at radius 1 is 1.44 bits per heavy atom. The minimum absolute atomic E-state index is 0.439. The summed E-state index contributed by atoms with van der Waals surface area (Å²) in [5, 5.41) is 4.54. The summed E-state index contributed by atoms with van der Waals surface area (Å²) in [6.07, 6.45) is 3.89. The average molecular weight is 238 g/mol. The van der Waals surface area contributed by atoms with Crippen molar-refractivity contribution in [3.63, 3.8) is 0 Å². The van der Waals surface area contributed by atoms with E-state index in [9.17, 15) is 0 Å². The predicted molar refractivity (Wildman–Crippen MR) is 69.8 cm³/mol. The van der Waals surface area contributed by atoms with Crippen molar-refractivity contribution in [3.8, 4) is 0 Å². The average Bonchev–Trinajstić information content (AvgIpc) is 3.09. The van der Waals surface area contributed by atoms with Crippen molar-refractivity contribution < 1.29 is 0 Å². The molecule has 1 aromatic carbocycles. The zero-order valence-electron chi connectivity index (χ0n) is 10.0. The van der Waals surface area contributed by atoms with Gasteiger partial charge in [-0.05, 0) is 49.8 Å². The fourth-order valence-electron chi connectivity index (χ4n) is 2.22. The number of benzene rings is 1. The molecule has 0 spiro atoms. The van der Waals surface area contributed by atoms with Crippen molar-refractivity contribution in [2.45, 2.75) is 45.2 Å². The summed E-state index contributed by atoms with van der Waals surface area (Å²) >= 11 is 6.03. The molecule has 0 bridgehead atoms. The Balaban J connectivity index is 2.03. The lowest BCUT2D eigenvalue weighted by molar-refractivity contribution is 0.414. The second kappa shape index (κ2) is 5.20. The van der Waals surface area contributed by atoms with Crippen molar-refractivity contribution in [1.82, 2.24) is 5.32 Å². The Kier molecular flexibility index (Phi) is 3.88. The van der Waals surface area contributed by atoms with E-state index < -0.39 is 0 Å². The molecule has 1 aliphatic carbocycles. The van der Waals surface area contributed by atoms with Crippen LogP contribution >= 0.6 is 11.6 Å². The van der Waals surface area contributed by atoms with Crippen LogP contribution in [-0.2, 0) is 0 Å². The van der Waals surface area contributed by atoms with E-state index in [4.69, 9.17) is 11.6 Å². The van der Waals surface area contributed by atoms with E-state index >= 15 is 0 Å². The van der Waals surface area contributed by atoms with Gasteiger partial charge in [0.1, 0.15) is 0 Å². The van der Waals surface area contributed by atoms with Crippen LogP contribution in [0.4, 0.5) is 0 Å². The third-order valence-electron chi connectivity index (χ3n) is 3.45. The van der Waals surface area contributed by atoms with Gasteiger partial charge in [-0.1, -0.05) is 30.7 Å². The lowest BCUT2D eigenvalue weighted by atomic mass is 10.0. The van der Waals surface area contributed by atoms with Gasteiger partial charge in [0.05, 0.1) is 0 Å². The van der Waals surface area contributed by atoms with Crippen LogP contribution in [0.2, 0.25) is 5.02 Å². The molecule has 0 radical (unpaired) electrons. The molecule has 0 aromatic heterocycles. The molecule has 2 unspecified atom stereocenters. The van der Waals surface area contributed by atoms with Gasteiger partial charge in [0.2, 0.25) is 0 Å². The second-order valence-electron chi connectivity index (χ2n) is 4.81. The molecule has 2 rings (SSSR count). The molecule has 0 amide bonds. The molecular formula is C14H20ClN. The van der Waals surface area contributed by atoms with Crippen molar-refractivity contribution in [1.29, 1.82) is 0 Å². The molecule has 1 aromatic rings. The van der Waals surface area contributed by atoms with Crippen LogP contribution in [0.3, 0.4) is 0 Å². The van der Waals surface area contributed by atoms with Crippen LogP contribution in [0.1, 0.15) is 44.7 Å². The van der Waals surface area contributed by atoms with Gasteiger partial charge in [0, 0.05) is 17.1 Å². The molecule has 2 heteroatoms. The van der Waals surface area contributed by atoms with E-state index in [0.717, 1.165) is 17.4 Å². The molecule has 16 heavy (non-hydrogen) atoms. The Hall–Kier alpha value is -0.530. The summed E-state index contributed by atoms with van der Waals surface area (Å²) in [4.78, 5) is 0. The molecule has 1 saturated carbocycles. The summed E-state index contributed by atoms with van der Waals surface area (Å²) < 4.78 is 0. The normalized spacial score (nSPS) is 19.4. The Morgan fingerprint density at radius 3 is 2.75 bits per heavy atom. The third-order valence-corrected chi connectivity index (χ3v) is 3.69. The first-order valence-corrected chi connectivity index (χ1v) is 6.60. The predicted octanol–water partition coefficient (Wildman–Crippen LogP) is 4.18. The van der Waals surface area contributed by atoms with Gasteiger partial charge in [-0.15, -0.1) is 0 Å². The SMILES string of the molecule is CCC(NC(C)C1CC1)c1cccc(Cl)c1. The van der Waals surface area contributed by atoms with Crippen molar-refractivity contribution in [3.05, 3.63) is 34.9 Å². The van der Waals surface area contributed by atoms with E-state index in [-0.39, 0.29) is 0 Å². The van der Waals surface area contributed by atoms with Gasteiger partial charge in [0.25, 0.3) is 0 Å². The zero-order chi connectivity index (χ0) is 11.5. The monoisotopic (exact) mass is 237 g/mol. The third kappa shape index (κ3) is 2.99. The largest absolute Gasteiger partial charge is 0.307 e. The van der Waals surface area contributed by atoms with Crippen molar-refractivity contribution >= 4 is 11.6 Å². The standard InChI is InChI=1S/C14H20ClN/c1-3-14(16-10(2)11-7-8-11)12-5-4-6-13(15)9-12/h4-6,9-11,14,16H,3,7-8H2,1-2H3. The van der Waals surface area contributed by atoms with Crippen LogP contribution in [0.15, 0.2) is 24.3 Å². The first kappa shape index (κ1) is 11.9. The maximum atomic E-state index is 6.03. The molecule has 2 atom stereocenters. The highest BCUT2D eigenvalue weighted by Gasteiger charge is 2.29. The zero-order valence-corrected chi connectivity index (χ0v) is 10.8. The summed E-state index contributed by atoms with van der Waals surface area (Å²) in [6.45, 7) is 4.52. The molecule has 0 saturated heterocycles. The number of halogens is 1. The molecule has 0 aliphatic heterocycles. The smallest absolute Gasteiger partial charge is 0.0409 e. The quantitative estimate of drug-likeness (QED) is 0.810. The van der Waals surface area contributed by atoms with Gasteiger partial charge in [-0.25, -0.2) is 0 Å². The van der Waals surface area contributed by atoms with E-state index in [1.165, 1.54) is 18.4 Å². The van der Waals surface area contributed by atoms with Crippen molar-refractivity contribution in [2.75, 3.05) is 0 Å². The number of hydrogen-bond donors (Lipinski definition) is 1. The minimum Gasteiger partial charge on any atom is -0.307 e. The highest BCUT2D eigenvalue weighted by Crippen LogP contribution is 2.34. The topological polar surface area (TPSA) is 12.0 Å². The Morgan fingerprint density at radius 2 is 2.19 bits per heavy atom. The fourth-order valence-corrected chi connectivity index (χ4v) is 2.42. The minimum atomic E-state index is 0.439. The van der Waals surface area contributed by atoms with E-state index in [1.54, 1.807) is 0 Å². The Labute approximate surface area is 103 Å². The van der Waals surface area contributed by atoms with Gasteiger partial charge in [0.15, 0.2) is 0 Å². The molecule has 1 nitrogen and oxygen atoms in total.